The Morgan fingerprint density at radius 2 is 1.87 bits per heavy atom. The van der Waals surface area contributed by atoms with Crippen molar-refractivity contribution in [3.05, 3.63) is 45.8 Å². The fourth-order valence-corrected chi connectivity index (χ4v) is 4.98. The molecule has 0 bridgehead atoms. The summed E-state index contributed by atoms with van der Waals surface area (Å²) in [6.45, 7) is 8.85. The molecule has 3 heterocycles. The smallest absolute Gasteiger partial charge is 0.348 e. The van der Waals surface area contributed by atoms with Crippen LogP contribution in [0.5, 0.6) is 0 Å². The number of piperazine rings is 1. The summed E-state index contributed by atoms with van der Waals surface area (Å²) < 4.78 is 19.6. The van der Waals surface area contributed by atoms with Gasteiger partial charge in [-0.15, -0.1) is 11.3 Å². The first-order valence-corrected chi connectivity index (χ1v) is 11.4. The van der Waals surface area contributed by atoms with Crippen LogP contribution in [0.15, 0.2) is 24.3 Å². The van der Waals surface area contributed by atoms with E-state index in [4.69, 9.17) is 16.3 Å². The number of halogens is 2. The fourth-order valence-electron chi connectivity index (χ4n) is 3.69. The standard InChI is InChI=1S/C22H24ClFN4O2S/c1-13(2)12-30-21(29)18-14(3)17-19(25-22(23)26-20(17)31-18)28-10-8-27(9-11-28)16-7-5-4-6-15(16)24/h4-7,13H,8-12H2,1-3H3. The highest BCUT2D eigenvalue weighted by Crippen LogP contribution is 2.37. The van der Waals surface area contributed by atoms with Crippen molar-refractivity contribution in [2.75, 3.05) is 42.6 Å². The molecule has 0 radical (unpaired) electrons. The van der Waals surface area contributed by atoms with Gasteiger partial charge >= 0.3 is 5.97 Å². The highest BCUT2D eigenvalue weighted by Gasteiger charge is 2.26. The van der Waals surface area contributed by atoms with Gasteiger partial charge in [0.25, 0.3) is 0 Å². The van der Waals surface area contributed by atoms with Gasteiger partial charge in [0.1, 0.15) is 21.3 Å². The van der Waals surface area contributed by atoms with Crippen LogP contribution in [0.25, 0.3) is 10.2 Å². The summed E-state index contributed by atoms with van der Waals surface area (Å²) in [5.74, 6) is 0.399. The molecule has 31 heavy (non-hydrogen) atoms. The number of hydrogen-bond acceptors (Lipinski definition) is 7. The molecule has 1 fully saturated rings. The van der Waals surface area contributed by atoms with Crippen molar-refractivity contribution in [1.29, 1.82) is 0 Å². The SMILES string of the molecule is Cc1c(C(=O)OCC(C)C)sc2nc(Cl)nc(N3CCN(c4ccccc4F)CC3)c12. The molecule has 0 spiro atoms. The summed E-state index contributed by atoms with van der Waals surface area (Å²) in [5.41, 5.74) is 1.41. The first-order valence-electron chi connectivity index (χ1n) is 10.2. The fraction of sp³-hybridized carbons (Fsp3) is 0.409. The molecule has 0 amide bonds. The maximum Gasteiger partial charge on any atom is 0.348 e. The number of hydrogen-bond donors (Lipinski definition) is 0. The minimum atomic E-state index is -0.347. The molecule has 4 rings (SSSR count). The molecular formula is C22H24ClFN4O2S. The van der Waals surface area contributed by atoms with Crippen LogP contribution in [0.1, 0.15) is 29.1 Å². The number of carbonyl (C=O) groups excluding carboxylic acids is 1. The largest absolute Gasteiger partial charge is 0.461 e. The number of fused-ring (bicyclic) bond motifs is 1. The normalized spacial score (nSPS) is 14.5. The summed E-state index contributed by atoms with van der Waals surface area (Å²) >= 11 is 7.49. The average Bonchev–Trinajstić information content (AvgIpc) is 3.08. The van der Waals surface area contributed by atoms with Gasteiger partial charge in [0.15, 0.2) is 0 Å². The first kappa shape index (κ1) is 21.8. The molecule has 2 aromatic heterocycles. The van der Waals surface area contributed by atoms with E-state index in [1.165, 1.54) is 17.4 Å². The third kappa shape index (κ3) is 4.45. The predicted molar refractivity (Wildman–Crippen MR) is 123 cm³/mol. The second kappa shape index (κ2) is 8.96. The van der Waals surface area contributed by atoms with Crippen LogP contribution in [0, 0.1) is 18.7 Å². The Morgan fingerprint density at radius 3 is 2.55 bits per heavy atom. The molecule has 1 aromatic carbocycles. The van der Waals surface area contributed by atoms with E-state index in [9.17, 15) is 9.18 Å². The topological polar surface area (TPSA) is 58.6 Å². The summed E-state index contributed by atoms with van der Waals surface area (Å²) in [6.07, 6.45) is 0. The Hall–Kier alpha value is -2.45. The van der Waals surface area contributed by atoms with Crippen LogP contribution in [0.3, 0.4) is 0 Å². The van der Waals surface area contributed by atoms with Crippen molar-refractivity contribution in [3.63, 3.8) is 0 Å². The van der Waals surface area contributed by atoms with Gasteiger partial charge in [-0.1, -0.05) is 26.0 Å². The van der Waals surface area contributed by atoms with E-state index in [1.54, 1.807) is 12.1 Å². The lowest BCUT2D eigenvalue weighted by atomic mass is 10.1. The van der Waals surface area contributed by atoms with E-state index in [0.29, 0.717) is 54.0 Å². The third-order valence-corrected chi connectivity index (χ3v) is 6.58. The van der Waals surface area contributed by atoms with Gasteiger partial charge in [0, 0.05) is 26.2 Å². The molecule has 9 heteroatoms. The Balaban J connectivity index is 1.61. The van der Waals surface area contributed by atoms with Crippen LogP contribution < -0.4 is 9.80 Å². The highest BCUT2D eigenvalue weighted by atomic mass is 35.5. The molecule has 1 aliphatic rings. The van der Waals surface area contributed by atoms with E-state index in [0.717, 1.165) is 10.9 Å². The van der Waals surface area contributed by atoms with Crippen LogP contribution >= 0.6 is 22.9 Å². The van der Waals surface area contributed by atoms with E-state index >= 15 is 0 Å². The zero-order valence-electron chi connectivity index (χ0n) is 17.7. The average molecular weight is 463 g/mol. The Labute approximate surface area is 189 Å². The molecule has 0 atom stereocenters. The molecular weight excluding hydrogens is 439 g/mol. The van der Waals surface area contributed by atoms with E-state index in [2.05, 4.69) is 14.9 Å². The lowest BCUT2D eigenvalue weighted by molar-refractivity contribution is 0.0464. The number of rotatable bonds is 5. The lowest BCUT2D eigenvalue weighted by Crippen LogP contribution is -2.47. The first-order chi connectivity index (χ1) is 14.8. The van der Waals surface area contributed by atoms with Gasteiger partial charge < -0.3 is 14.5 Å². The van der Waals surface area contributed by atoms with Crippen molar-refractivity contribution >= 4 is 50.6 Å². The molecule has 1 saturated heterocycles. The van der Waals surface area contributed by atoms with E-state index in [1.807, 2.05) is 31.7 Å². The van der Waals surface area contributed by atoms with Crippen LogP contribution in [0.4, 0.5) is 15.9 Å². The van der Waals surface area contributed by atoms with Crippen molar-refractivity contribution in [1.82, 2.24) is 9.97 Å². The monoisotopic (exact) mass is 462 g/mol. The Morgan fingerprint density at radius 1 is 1.19 bits per heavy atom. The van der Waals surface area contributed by atoms with Crippen molar-refractivity contribution in [2.45, 2.75) is 20.8 Å². The molecule has 1 aliphatic heterocycles. The van der Waals surface area contributed by atoms with E-state index in [-0.39, 0.29) is 23.0 Å². The maximum atomic E-state index is 14.2. The number of aromatic nitrogens is 2. The van der Waals surface area contributed by atoms with E-state index < -0.39 is 0 Å². The number of aryl methyl sites for hydroxylation is 1. The molecule has 0 unspecified atom stereocenters. The Bertz CT molecular complexity index is 1110. The molecule has 0 N–H and O–H groups in total. The van der Waals surface area contributed by atoms with Crippen molar-refractivity contribution < 1.29 is 13.9 Å². The minimum absolute atomic E-state index is 0.141. The van der Waals surface area contributed by atoms with Crippen molar-refractivity contribution in [3.8, 4) is 0 Å². The summed E-state index contributed by atoms with van der Waals surface area (Å²) in [6, 6.07) is 6.80. The summed E-state index contributed by atoms with van der Waals surface area (Å²) in [4.78, 5) is 26.8. The predicted octanol–water partition coefficient (Wildman–Crippen LogP) is 4.93. The number of benzene rings is 1. The molecule has 164 valence electrons. The van der Waals surface area contributed by atoms with Crippen LogP contribution in [0.2, 0.25) is 5.28 Å². The zero-order valence-corrected chi connectivity index (χ0v) is 19.3. The van der Waals surface area contributed by atoms with Gasteiger partial charge in [-0.3, -0.25) is 0 Å². The number of anilines is 2. The zero-order chi connectivity index (χ0) is 22.1. The quantitative estimate of drug-likeness (QED) is 0.395. The number of carbonyl (C=O) groups is 1. The minimum Gasteiger partial charge on any atom is -0.461 e. The lowest BCUT2D eigenvalue weighted by Gasteiger charge is -2.37. The second-order valence-corrected chi connectivity index (χ2v) is 9.31. The van der Waals surface area contributed by atoms with Gasteiger partial charge in [0.2, 0.25) is 5.28 Å². The number of thiophene rings is 1. The summed E-state index contributed by atoms with van der Waals surface area (Å²) in [5, 5.41) is 0.965. The number of nitrogens with zero attached hydrogens (tertiary/aromatic N) is 4. The van der Waals surface area contributed by atoms with Gasteiger partial charge in [0.05, 0.1) is 17.7 Å². The molecule has 6 nitrogen and oxygen atoms in total. The van der Waals surface area contributed by atoms with Gasteiger partial charge in [-0.25, -0.2) is 14.2 Å². The number of ether oxygens (including phenoxy) is 1. The van der Waals surface area contributed by atoms with Gasteiger partial charge in [-0.2, -0.15) is 4.98 Å². The number of para-hydroxylation sites is 1. The second-order valence-electron chi connectivity index (χ2n) is 7.97. The summed E-state index contributed by atoms with van der Waals surface area (Å²) in [7, 11) is 0. The van der Waals surface area contributed by atoms with Crippen molar-refractivity contribution in [2.24, 2.45) is 5.92 Å². The number of esters is 1. The van der Waals surface area contributed by atoms with Gasteiger partial charge in [-0.05, 0) is 42.1 Å². The maximum absolute atomic E-state index is 14.2. The molecule has 0 saturated carbocycles. The Kier molecular flexibility index (Phi) is 6.29. The van der Waals surface area contributed by atoms with Crippen LogP contribution in [-0.2, 0) is 4.74 Å². The molecule has 0 aliphatic carbocycles. The third-order valence-electron chi connectivity index (χ3n) is 5.25. The molecule has 3 aromatic rings. The van der Waals surface area contributed by atoms with Crippen LogP contribution in [-0.4, -0.2) is 48.7 Å². The highest BCUT2D eigenvalue weighted by molar-refractivity contribution is 7.20.